The minimum Gasteiger partial charge on any atom is -0.444 e. The number of ether oxygens (including phenoxy) is 1. The second kappa shape index (κ2) is 9.51. The lowest BCUT2D eigenvalue weighted by Gasteiger charge is -2.31. The Kier molecular flexibility index (Phi) is 7.04. The van der Waals surface area contributed by atoms with Crippen molar-refractivity contribution in [3.63, 3.8) is 0 Å². The van der Waals surface area contributed by atoms with Gasteiger partial charge in [-0.2, -0.15) is 0 Å². The van der Waals surface area contributed by atoms with Crippen molar-refractivity contribution in [1.82, 2.24) is 16.0 Å². The summed E-state index contributed by atoms with van der Waals surface area (Å²) in [4.78, 5) is 16.6. The van der Waals surface area contributed by atoms with E-state index in [2.05, 4.69) is 58.2 Å². The van der Waals surface area contributed by atoms with E-state index in [0.29, 0.717) is 18.0 Å². The van der Waals surface area contributed by atoms with Crippen molar-refractivity contribution in [2.75, 3.05) is 6.54 Å². The fourth-order valence-corrected chi connectivity index (χ4v) is 3.94. The molecule has 6 nitrogen and oxygen atoms in total. The zero-order chi connectivity index (χ0) is 20.9. The number of rotatable bonds is 5. The highest BCUT2D eigenvalue weighted by Gasteiger charge is 2.39. The van der Waals surface area contributed by atoms with Gasteiger partial charge in [0.1, 0.15) is 5.60 Å². The highest BCUT2D eigenvalue weighted by atomic mass is 16.6. The van der Waals surface area contributed by atoms with Gasteiger partial charge in [0.2, 0.25) is 0 Å². The van der Waals surface area contributed by atoms with Gasteiger partial charge in [-0.3, -0.25) is 4.99 Å². The number of aliphatic imine (C=N–C) groups is 1. The average molecular weight is 401 g/mol. The van der Waals surface area contributed by atoms with Crippen LogP contribution in [0.2, 0.25) is 0 Å². The van der Waals surface area contributed by atoms with E-state index in [-0.39, 0.29) is 12.1 Å². The van der Waals surface area contributed by atoms with Crippen molar-refractivity contribution in [2.45, 2.75) is 89.4 Å². The number of carbonyl (C=O) groups is 1. The first-order valence-electron chi connectivity index (χ1n) is 11.0. The minimum absolute atomic E-state index is 0.188. The number of hydrogen-bond acceptors (Lipinski definition) is 3. The summed E-state index contributed by atoms with van der Waals surface area (Å²) in [6.07, 6.45) is 4.76. The summed E-state index contributed by atoms with van der Waals surface area (Å²) < 4.78 is 5.37. The largest absolute Gasteiger partial charge is 0.444 e. The molecule has 0 radical (unpaired) electrons. The standard InChI is InChI=1S/C23H36N4O2/c1-5-24-21(27-20-15-19(20)16-9-7-6-8-10-16)25-17-11-13-18(14-12-17)26-22(28)29-23(2,3)4/h6-10,17-20H,5,11-15H2,1-4H3,(H,26,28)(H2,24,25,27). The van der Waals surface area contributed by atoms with E-state index in [1.54, 1.807) is 0 Å². The third kappa shape index (κ3) is 6.94. The van der Waals surface area contributed by atoms with Gasteiger partial charge in [-0.1, -0.05) is 30.3 Å². The normalized spacial score (nSPS) is 27.1. The quantitative estimate of drug-likeness (QED) is 0.517. The summed E-state index contributed by atoms with van der Waals surface area (Å²) in [5.41, 5.74) is 0.940. The van der Waals surface area contributed by atoms with E-state index in [1.165, 1.54) is 5.56 Å². The van der Waals surface area contributed by atoms with Gasteiger partial charge in [0.05, 0.1) is 0 Å². The van der Waals surface area contributed by atoms with E-state index in [0.717, 1.165) is 44.6 Å². The van der Waals surface area contributed by atoms with Crippen LogP contribution in [0, 0.1) is 0 Å². The first-order chi connectivity index (χ1) is 13.8. The Hall–Kier alpha value is -2.24. The molecule has 1 amide bonds. The maximum atomic E-state index is 12.0. The first-order valence-corrected chi connectivity index (χ1v) is 11.0. The van der Waals surface area contributed by atoms with Gasteiger partial charge < -0.3 is 20.7 Å². The van der Waals surface area contributed by atoms with Crippen LogP contribution in [0.1, 0.15) is 71.3 Å². The molecule has 3 rings (SSSR count). The highest BCUT2D eigenvalue weighted by molar-refractivity contribution is 5.81. The van der Waals surface area contributed by atoms with Crippen LogP contribution < -0.4 is 16.0 Å². The van der Waals surface area contributed by atoms with E-state index in [1.807, 2.05) is 20.8 Å². The van der Waals surface area contributed by atoms with Crippen molar-refractivity contribution < 1.29 is 9.53 Å². The van der Waals surface area contributed by atoms with Gasteiger partial charge in [-0.15, -0.1) is 0 Å². The lowest BCUT2D eigenvalue weighted by molar-refractivity contribution is 0.0490. The number of alkyl carbamates (subject to hydrolysis) is 1. The van der Waals surface area contributed by atoms with Crippen LogP contribution in [0.3, 0.4) is 0 Å². The highest BCUT2D eigenvalue weighted by Crippen LogP contribution is 2.40. The second-order valence-corrected chi connectivity index (χ2v) is 9.17. The summed E-state index contributed by atoms with van der Waals surface area (Å²) in [6, 6.07) is 11.7. The molecule has 0 aliphatic heterocycles. The lowest BCUT2D eigenvalue weighted by atomic mass is 9.91. The van der Waals surface area contributed by atoms with E-state index < -0.39 is 5.60 Å². The predicted octanol–water partition coefficient (Wildman–Crippen LogP) is 3.93. The van der Waals surface area contributed by atoms with E-state index in [4.69, 9.17) is 4.74 Å². The molecule has 160 valence electrons. The number of amides is 1. The summed E-state index contributed by atoms with van der Waals surface area (Å²) in [7, 11) is 0. The van der Waals surface area contributed by atoms with Crippen LogP contribution >= 0.6 is 0 Å². The molecule has 0 aromatic heterocycles. The Morgan fingerprint density at radius 2 is 1.66 bits per heavy atom. The molecular weight excluding hydrogens is 364 g/mol. The van der Waals surface area contributed by atoms with Crippen LogP contribution in [0.25, 0.3) is 0 Å². The van der Waals surface area contributed by atoms with Crippen LogP contribution in [0.15, 0.2) is 35.3 Å². The van der Waals surface area contributed by atoms with Crippen LogP contribution in [0.4, 0.5) is 4.79 Å². The molecule has 2 aliphatic rings. The van der Waals surface area contributed by atoms with E-state index >= 15 is 0 Å². The monoisotopic (exact) mass is 400 g/mol. The number of nitrogens with one attached hydrogen (secondary N) is 3. The zero-order valence-corrected chi connectivity index (χ0v) is 18.2. The third-order valence-corrected chi connectivity index (χ3v) is 5.45. The number of benzene rings is 1. The fraction of sp³-hybridized carbons (Fsp3) is 0.652. The fourth-order valence-electron chi connectivity index (χ4n) is 3.94. The van der Waals surface area contributed by atoms with Gasteiger partial charge in [-0.05, 0) is 65.4 Å². The molecule has 0 saturated heterocycles. The zero-order valence-electron chi connectivity index (χ0n) is 18.2. The topological polar surface area (TPSA) is 74.8 Å². The smallest absolute Gasteiger partial charge is 0.407 e. The van der Waals surface area contributed by atoms with Crippen LogP contribution in [-0.4, -0.2) is 42.3 Å². The molecule has 1 aromatic carbocycles. The van der Waals surface area contributed by atoms with Crippen molar-refractivity contribution >= 4 is 12.1 Å². The van der Waals surface area contributed by atoms with Gasteiger partial charge in [-0.25, -0.2) is 4.79 Å². The Labute approximate surface area is 174 Å². The molecule has 0 spiro atoms. The van der Waals surface area contributed by atoms with Gasteiger partial charge in [0.15, 0.2) is 5.96 Å². The van der Waals surface area contributed by atoms with E-state index in [9.17, 15) is 4.79 Å². The van der Waals surface area contributed by atoms with Crippen molar-refractivity contribution in [1.29, 1.82) is 0 Å². The second-order valence-electron chi connectivity index (χ2n) is 9.17. The van der Waals surface area contributed by atoms with Gasteiger partial charge >= 0.3 is 6.09 Å². The Bertz CT molecular complexity index is 691. The first kappa shape index (κ1) is 21.5. The molecule has 2 unspecified atom stereocenters. The molecule has 2 fully saturated rings. The summed E-state index contributed by atoms with van der Waals surface area (Å²) in [5.74, 6) is 1.49. The van der Waals surface area contributed by atoms with Crippen molar-refractivity contribution in [3.8, 4) is 0 Å². The average Bonchev–Trinajstić information content (AvgIpc) is 3.42. The van der Waals surface area contributed by atoms with Gasteiger partial charge in [0, 0.05) is 30.6 Å². The maximum absolute atomic E-state index is 12.0. The summed E-state index contributed by atoms with van der Waals surface area (Å²) in [6.45, 7) is 8.48. The van der Waals surface area contributed by atoms with Crippen molar-refractivity contribution in [3.05, 3.63) is 35.9 Å². The van der Waals surface area contributed by atoms with Crippen LogP contribution in [-0.2, 0) is 4.74 Å². The Morgan fingerprint density at radius 1 is 1.03 bits per heavy atom. The van der Waals surface area contributed by atoms with Gasteiger partial charge in [0.25, 0.3) is 0 Å². The molecule has 0 heterocycles. The molecular formula is C23H36N4O2. The molecule has 2 saturated carbocycles. The predicted molar refractivity (Wildman–Crippen MR) is 117 cm³/mol. The van der Waals surface area contributed by atoms with Crippen molar-refractivity contribution in [2.24, 2.45) is 4.99 Å². The lowest BCUT2D eigenvalue weighted by Crippen LogP contribution is -2.48. The minimum atomic E-state index is -0.458. The maximum Gasteiger partial charge on any atom is 0.407 e. The number of guanidine groups is 1. The number of nitrogens with zero attached hydrogens (tertiary/aromatic N) is 1. The molecule has 1 aromatic rings. The summed E-state index contributed by atoms with van der Waals surface area (Å²) in [5, 5.41) is 10.2. The SMILES string of the molecule is CCN=C(NC1CCC(NC(=O)OC(C)(C)C)CC1)NC1CC1c1ccccc1. The molecule has 29 heavy (non-hydrogen) atoms. The Balaban J connectivity index is 1.42. The molecule has 0 bridgehead atoms. The Morgan fingerprint density at radius 3 is 2.24 bits per heavy atom. The molecule has 6 heteroatoms. The molecule has 2 aliphatic carbocycles. The van der Waals surface area contributed by atoms with Crippen LogP contribution in [0.5, 0.6) is 0 Å². The molecule has 2 atom stereocenters. The third-order valence-electron chi connectivity index (χ3n) is 5.45. The molecule has 3 N–H and O–H groups in total. The number of hydrogen-bond donors (Lipinski definition) is 3. The number of carbonyl (C=O) groups excluding carboxylic acids is 1. The summed E-state index contributed by atoms with van der Waals surface area (Å²) >= 11 is 0.